The van der Waals surface area contributed by atoms with Crippen molar-refractivity contribution >= 4 is 28.4 Å². The molecule has 1 saturated heterocycles. The molecule has 174 valence electrons. The van der Waals surface area contributed by atoms with Gasteiger partial charge in [-0.15, -0.1) is 0 Å². The summed E-state index contributed by atoms with van der Waals surface area (Å²) in [6.07, 6.45) is 3.44. The van der Waals surface area contributed by atoms with Gasteiger partial charge in [-0.2, -0.15) is 0 Å². The molecule has 0 unspecified atom stereocenters. The van der Waals surface area contributed by atoms with E-state index >= 15 is 0 Å². The van der Waals surface area contributed by atoms with Crippen molar-refractivity contribution in [3.8, 4) is 11.4 Å². The van der Waals surface area contributed by atoms with Gasteiger partial charge in [0.2, 0.25) is 0 Å². The minimum Gasteiger partial charge on any atom is -0.378 e. The van der Waals surface area contributed by atoms with Crippen LogP contribution in [-0.2, 0) is 11.3 Å². The number of ether oxygens (including phenoxy) is 1. The minimum atomic E-state index is -0.208. The lowest BCUT2D eigenvalue weighted by Crippen LogP contribution is -2.36. The maximum atomic E-state index is 12.8. The number of hydrogen-bond donors (Lipinski definition) is 2. The second-order valence-corrected chi connectivity index (χ2v) is 8.55. The van der Waals surface area contributed by atoms with Gasteiger partial charge in [-0.05, 0) is 56.6 Å². The molecule has 0 radical (unpaired) electrons. The van der Waals surface area contributed by atoms with Crippen LogP contribution < -0.4 is 10.2 Å². The van der Waals surface area contributed by atoms with E-state index in [1.54, 1.807) is 12.3 Å². The average molecular weight is 458 g/mol. The molecule has 2 N–H and O–H groups in total. The van der Waals surface area contributed by atoms with Crippen LogP contribution in [0.5, 0.6) is 0 Å². The summed E-state index contributed by atoms with van der Waals surface area (Å²) in [4.78, 5) is 33.9. The molecule has 3 aromatic heterocycles. The molecule has 4 aromatic rings. The highest BCUT2D eigenvalue weighted by molar-refractivity contribution is 6.05. The van der Waals surface area contributed by atoms with Gasteiger partial charge in [0.15, 0.2) is 0 Å². The summed E-state index contributed by atoms with van der Waals surface area (Å²) >= 11 is 0. The van der Waals surface area contributed by atoms with Gasteiger partial charge >= 0.3 is 0 Å². The SMILES string of the molecule is CN(C)Cc1ccc(-c2nc3ccc(NC(=O)c4ccc(N5CCOCC5)nc4)cc3[nH]2)cn1. The number of H-pyrrole nitrogens is 1. The fraction of sp³-hybridized carbons (Fsp3) is 0.280. The molecule has 0 aliphatic carbocycles. The van der Waals surface area contributed by atoms with Crippen molar-refractivity contribution < 1.29 is 9.53 Å². The molecule has 1 aliphatic rings. The minimum absolute atomic E-state index is 0.208. The first-order valence-electron chi connectivity index (χ1n) is 11.2. The van der Waals surface area contributed by atoms with Crippen LogP contribution in [0, 0.1) is 0 Å². The molecule has 0 bridgehead atoms. The van der Waals surface area contributed by atoms with Crippen molar-refractivity contribution in [2.75, 3.05) is 50.6 Å². The van der Waals surface area contributed by atoms with Crippen LogP contribution in [-0.4, -0.2) is 71.1 Å². The number of hydrogen-bond acceptors (Lipinski definition) is 7. The van der Waals surface area contributed by atoms with Gasteiger partial charge in [-0.3, -0.25) is 9.78 Å². The first-order chi connectivity index (χ1) is 16.5. The normalized spacial score (nSPS) is 14.0. The van der Waals surface area contributed by atoms with Crippen molar-refractivity contribution in [2.24, 2.45) is 0 Å². The van der Waals surface area contributed by atoms with E-state index in [0.29, 0.717) is 24.5 Å². The number of nitrogens with one attached hydrogen (secondary N) is 2. The third kappa shape index (κ3) is 4.90. The first-order valence-corrected chi connectivity index (χ1v) is 11.2. The summed E-state index contributed by atoms with van der Waals surface area (Å²) in [6.45, 7) is 3.79. The van der Waals surface area contributed by atoms with E-state index in [1.165, 1.54) is 0 Å². The molecule has 1 aromatic carbocycles. The van der Waals surface area contributed by atoms with Gasteiger partial charge < -0.3 is 24.8 Å². The molecule has 0 spiro atoms. The third-order valence-corrected chi connectivity index (χ3v) is 5.66. The molecule has 5 rings (SSSR count). The lowest BCUT2D eigenvalue weighted by atomic mass is 10.2. The van der Waals surface area contributed by atoms with E-state index in [2.05, 4.69) is 35.1 Å². The van der Waals surface area contributed by atoms with E-state index in [4.69, 9.17) is 4.74 Å². The predicted molar refractivity (Wildman–Crippen MR) is 132 cm³/mol. The Morgan fingerprint density at radius 2 is 1.94 bits per heavy atom. The van der Waals surface area contributed by atoms with Gasteiger partial charge in [0.25, 0.3) is 5.91 Å². The van der Waals surface area contributed by atoms with E-state index in [9.17, 15) is 4.79 Å². The van der Waals surface area contributed by atoms with E-state index < -0.39 is 0 Å². The van der Waals surface area contributed by atoms with Crippen molar-refractivity contribution in [1.29, 1.82) is 0 Å². The summed E-state index contributed by atoms with van der Waals surface area (Å²) in [5.41, 5.74) is 4.77. The average Bonchev–Trinajstić information content (AvgIpc) is 3.28. The maximum Gasteiger partial charge on any atom is 0.257 e. The van der Waals surface area contributed by atoms with Crippen LogP contribution in [0.2, 0.25) is 0 Å². The number of nitrogens with zero attached hydrogens (tertiary/aromatic N) is 5. The number of aromatic amines is 1. The molecular weight excluding hydrogens is 430 g/mol. The molecule has 0 atom stereocenters. The van der Waals surface area contributed by atoms with E-state index in [0.717, 1.165) is 53.6 Å². The first kappa shape index (κ1) is 22.0. The molecule has 9 heteroatoms. The summed E-state index contributed by atoms with van der Waals surface area (Å²) in [6, 6.07) is 13.3. The lowest BCUT2D eigenvalue weighted by molar-refractivity contribution is 0.102. The number of rotatable bonds is 6. The van der Waals surface area contributed by atoms with Gasteiger partial charge in [0.1, 0.15) is 11.6 Å². The Labute approximate surface area is 197 Å². The summed E-state index contributed by atoms with van der Waals surface area (Å²) in [5, 5.41) is 2.95. The van der Waals surface area contributed by atoms with Crippen LogP contribution in [0.4, 0.5) is 11.5 Å². The van der Waals surface area contributed by atoms with E-state index in [-0.39, 0.29) is 5.91 Å². The number of anilines is 2. The Hall–Kier alpha value is -3.82. The fourth-order valence-corrected chi connectivity index (χ4v) is 3.91. The zero-order valence-electron chi connectivity index (χ0n) is 19.3. The second-order valence-electron chi connectivity index (χ2n) is 8.55. The highest BCUT2D eigenvalue weighted by atomic mass is 16.5. The lowest BCUT2D eigenvalue weighted by Gasteiger charge is -2.27. The fourth-order valence-electron chi connectivity index (χ4n) is 3.91. The molecule has 1 fully saturated rings. The summed E-state index contributed by atoms with van der Waals surface area (Å²) in [5.74, 6) is 1.39. The third-order valence-electron chi connectivity index (χ3n) is 5.66. The van der Waals surface area contributed by atoms with Crippen molar-refractivity contribution in [1.82, 2.24) is 24.8 Å². The van der Waals surface area contributed by atoms with Crippen molar-refractivity contribution in [3.05, 3.63) is 66.1 Å². The largest absolute Gasteiger partial charge is 0.378 e. The van der Waals surface area contributed by atoms with Gasteiger partial charge in [0, 0.05) is 43.3 Å². The smallest absolute Gasteiger partial charge is 0.257 e. The zero-order chi connectivity index (χ0) is 23.5. The Bertz CT molecular complexity index is 1280. The molecule has 0 saturated carbocycles. The Balaban J connectivity index is 1.28. The number of aromatic nitrogens is 4. The highest BCUT2D eigenvalue weighted by Crippen LogP contribution is 2.23. The van der Waals surface area contributed by atoms with Crippen LogP contribution in [0.1, 0.15) is 16.1 Å². The zero-order valence-corrected chi connectivity index (χ0v) is 19.3. The molecule has 9 nitrogen and oxygen atoms in total. The summed E-state index contributed by atoms with van der Waals surface area (Å²) in [7, 11) is 4.03. The van der Waals surface area contributed by atoms with Gasteiger partial charge in [-0.25, -0.2) is 9.97 Å². The Morgan fingerprint density at radius 3 is 2.65 bits per heavy atom. The topological polar surface area (TPSA) is 99.3 Å². The Kier molecular flexibility index (Phi) is 6.20. The van der Waals surface area contributed by atoms with E-state index in [1.807, 2.05) is 56.7 Å². The van der Waals surface area contributed by atoms with Crippen LogP contribution >= 0.6 is 0 Å². The van der Waals surface area contributed by atoms with Crippen LogP contribution in [0.15, 0.2) is 54.9 Å². The Morgan fingerprint density at radius 1 is 1.09 bits per heavy atom. The summed E-state index contributed by atoms with van der Waals surface area (Å²) < 4.78 is 5.38. The standard InChI is InChI=1S/C25H27N7O2/c1-31(2)16-20-5-3-17(14-26-20)24-29-21-7-6-19(13-22(21)30-24)28-25(33)18-4-8-23(27-15-18)32-9-11-34-12-10-32/h3-8,13-15H,9-12,16H2,1-2H3,(H,28,33)(H,29,30). The highest BCUT2D eigenvalue weighted by Gasteiger charge is 2.14. The quantitative estimate of drug-likeness (QED) is 0.459. The molecular formula is C25H27N7O2. The number of fused-ring (bicyclic) bond motifs is 1. The van der Waals surface area contributed by atoms with Crippen LogP contribution in [0.25, 0.3) is 22.4 Å². The van der Waals surface area contributed by atoms with Gasteiger partial charge in [0.05, 0.1) is 35.5 Å². The van der Waals surface area contributed by atoms with Gasteiger partial charge in [-0.1, -0.05) is 0 Å². The second kappa shape index (κ2) is 9.58. The predicted octanol–water partition coefficient (Wildman–Crippen LogP) is 3.17. The number of pyridine rings is 2. The monoisotopic (exact) mass is 457 g/mol. The molecule has 1 amide bonds. The number of morpholine rings is 1. The molecule has 1 aliphatic heterocycles. The maximum absolute atomic E-state index is 12.8. The number of imidazole rings is 1. The molecule has 34 heavy (non-hydrogen) atoms. The molecule has 4 heterocycles. The number of carbonyl (C=O) groups is 1. The van der Waals surface area contributed by atoms with Crippen molar-refractivity contribution in [3.63, 3.8) is 0 Å². The number of carbonyl (C=O) groups excluding carboxylic acids is 1. The number of amides is 1. The van der Waals surface area contributed by atoms with Crippen molar-refractivity contribution in [2.45, 2.75) is 6.54 Å². The number of benzene rings is 1. The van der Waals surface area contributed by atoms with Crippen LogP contribution in [0.3, 0.4) is 0 Å².